The lowest BCUT2D eigenvalue weighted by Crippen LogP contribution is -2.40. The molecule has 8 heteroatoms. The third-order valence-electron chi connectivity index (χ3n) is 3.42. The van der Waals surface area contributed by atoms with Gasteiger partial charge >= 0.3 is 0 Å². The quantitative estimate of drug-likeness (QED) is 0.710. The van der Waals surface area contributed by atoms with Gasteiger partial charge in [-0.2, -0.15) is 4.31 Å². The summed E-state index contributed by atoms with van der Waals surface area (Å²) in [7, 11) is -3.84. The number of nitrogens with zero attached hydrogens (tertiary/aromatic N) is 1. The molecule has 0 aliphatic heterocycles. The van der Waals surface area contributed by atoms with E-state index in [0.717, 1.165) is 14.3 Å². The van der Waals surface area contributed by atoms with Gasteiger partial charge in [-0.15, -0.1) is 0 Å². The molecule has 0 spiro atoms. The van der Waals surface area contributed by atoms with Crippen LogP contribution < -0.4 is 5.32 Å². The standard InChI is InChI=1S/C17H18BrClN2O3S/c1-2-20-17(22)12-21(11-13-3-5-14(18)6-4-13)25(23,24)16-9-7-15(19)8-10-16/h3-10H,2,11-12H2,1H3,(H,20,22). The Balaban J connectivity index is 2.33. The van der Waals surface area contributed by atoms with Crippen LogP contribution in [0.3, 0.4) is 0 Å². The number of sulfonamides is 1. The zero-order valence-electron chi connectivity index (χ0n) is 13.6. The Kier molecular flexibility index (Phi) is 7.01. The number of hydrogen-bond acceptors (Lipinski definition) is 3. The van der Waals surface area contributed by atoms with Crippen LogP contribution in [-0.2, 0) is 21.4 Å². The van der Waals surface area contributed by atoms with Crippen LogP contribution in [0.2, 0.25) is 5.02 Å². The molecule has 0 saturated carbocycles. The van der Waals surface area contributed by atoms with Gasteiger partial charge in [0.05, 0.1) is 11.4 Å². The summed E-state index contributed by atoms with van der Waals surface area (Å²) >= 11 is 9.18. The number of benzene rings is 2. The zero-order chi connectivity index (χ0) is 18.4. The van der Waals surface area contributed by atoms with Crippen LogP contribution in [0, 0.1) is 0 Å². The molecule has 1 amide bonds. The van der Waals surface area contributed by atoms with Crippen molar-refractivity contribution in [2.24, 2.45) is 0 Å². The van der Waals surface area contributed by atoms with E-state index in [1.165, 1.54) is 24.3 Å². The lowest BCUT2D eigenvalue weighted by molar-refractivity contribution is -0.121. The third kappa shape index (κ3) is 5.54. The molecule has 2 aromatic carbocycles. The molecule has 25 heavy (non-hydrogen) atoms. The maximum Gasteiger partial charge on any atom is 0.243 e. The van der Waals surface area contributed by atoms with Gasteiger partial charge in [0.15, 0.2) is 0 Å². The second-order valence-electron chi connectivity index (χ2n) is 5.31. The monoisotopic (exact) mass is 444 g/mol. The fourth-order valence-corrected chi connectivity index (χ4v) is 3.96. The van der Waals surface area contributed by atoms with E-state index in [4.69, 9.17) is 11.6 Å². The average Bonchev–Trinajstić information content (AvgIpc) is 2.57. The van der Waals surface area contributed by atoms with Crippen LogP contribution in [0.25, 0.3) is 0 Å². The van der Waals surface area contributed by atoms with Crippen molar-refractivity contribution in [3.05, 3.63) is 63.6 Å². The first-order valence-electron chi connectivity index (χ1n) is 7.60. The molecule has 0 radical (unpaired) electrons. The Morgan fingerprint density at radius 2 is 1.72 bits per heavy atom. The smallest absolute Gasteiger partial charge is 0.243 e. The second-order valence-corrected chi connectivity index (χ2v) is 8.60. The van der Waals surface area contributed by atoms with Gasteiger partial charge in [0.2, 0.25) is 15.9 Å². The number of carbonyl (C=O) groups excluding carboxylic acids is 1. The summed E-state index contributed by atoms with van der Waals surface area (Å²) < 4.78 is 27.9. The minimum Gasteiger partial charge on any atom is -0.355 e. The van der Waals surface area contributed by atoms with E-state index in [1.54, 1.807) is 6.92 Å². The predicted octanol–water partition coefficient (Wildman–Crippen LogP) is 3.43. The minimum absolute atomic E-state index is 0.0926. The highest BCUT2D eigenvalue weighted by atomic mass is 79.9. The molecule has 0 aliphatic rings. The van der Waals surface area contributed by atoms with E-state index < -0.39 is 10.0 Å². The highest BCUT2D eigenvalue weighted by Gasteiger charge is 2.26. The Morgan fingerprint density at radius 1 is 1.12 bits per heavy atom. The van der Waals surface area contributed by atoms with E-state index in [0.29, 0.717) is 11.6 Å². The number of halogens is 2. The average molecular weight is 446 g/mol. The number of hydrogen-bond donors (Lipinski definition) is 1. The van der Waals surface area contributed by atoms with E-state index >= 15 is 0 Å². The zero-order valence-corrected chi connectivity index (χ0v) is 16.7. The lowest BCUT2D eigenvalue weighted by atomic mass is 10.2. The molecule has 2 rings (SSSR count). The molecule has 0 atom stereocenters. The summed E-state index contributed by atoms with van der Waals surface area (Å²) in [6.07, 6.45) is 0. The van der Waals surface area contributed by atoms with Crippen molar-refractivity contribution in [3.8, 4) is 0 Å². The molecule has 2 aromatic rings. The summed E-state index contributed by atoms with van der Waals surface area (Å²) in [5, 5.41) is 3.08. The lowest BCUT2D eigenvalue weighted by Gasteiger charge is -2.22. The van der Waals surface area contributed by atoms with Crippen LogP contribution in [-0.4, -0.2) is 31.7 Å². The number of rotatable bonds is 7. The van der Waals surface area contributed by atoms with Gasteiger partial charge in [-0.3, -0.25) is 4.79 Å². The van der Waals surface area contributed by atoms with Crippen molar-refractivity contribution in [1.29, 1.82) is 0 Å². The number of nitrogens with one attached hydrogen (secondary N) is 1. The first kappa shape index (κ1) is 19.9. The molecular formula is C17H18BrClN2O3S. The van der Waals surface area contributed by atoms with Crippen LogP contribution in [0.15, 0.2) is 57.9 Å². The van der Waals surface area contributed by atoms with Crippen LogP contribution in [0.5, 0.6) is 0 Å². The molecule has 0 unspecified atom stereocenters. The van der Waals surface area contributed by atoms with Gasteiger partial charge in [0.1, 0.15) is 0 Å². The Labute approximate surface area is 161 Å². The summed E-state index contributed by atoms with van der Waals surface area (Å²) in [6, 6.07) is 13.2. The van der Waals surface area contributed by atoms with Gasteiger partial charge in [0.25, 0.3) is 0 Å². The van der Waals surface area contributed by atoms with Crippen LogP contribution in [0.4, 0.5) is 0 Å². The molecule has 5 nitrogen and oxygen atoms in total. The SMILES string of the molecule is CCNC(=O)CN(Cc1ccc(Br)cc1)S(=O)(=O)c1ccc(Cl)cc1. The summed E-state index contributed by atoms with van der Waals surface area (Å²) in [5.41, 5.74) is 0.782. The van der Waals surface area contributed by atoms with Crippen molar-refractivity contribution in [1.82, 2.24) is 9.62 Å². The first-order chi connectivity index (χ1) is 11.8. The highest BCUT2D eigenvalue weighted by Crippen LogP contribution is 2.21. The van der Waals surface area contributed by atoms with Gasteiger partial charge in [-0.25, -0.2) is 8.42 Å². The van der Waals surface area contributed by atoms with Crippen molar-refractivity contribution in [2.75, 3.05) is 13.1 Å². The van der Waals surface area contributed by atoms with E-state index in [2.05, 4.69) is 21.2 Å². The van der Waals surface area contributed by atoms with E-state index in [-0.39, 0.29) is 23.9 Å². The maximum absolute atomic E-state index is 12.9. The normalized spacial score (nSPS) is 11.5. The molecule has 0 aromatic heterocycles. The van der Waals surface area contributed by atoms with Crippen LogP contribution in [0.1, 0.15) is 12.5 Å². The van der Waals surface area contributed by atoms with E-state index in [9.17, 15) is 13.2 Å². The Hall–Kier alpha value is -1.41. The second kappa shape index (κ2) is 8.80. The summed E-state index contributed by atoms with van der Waals surface area (Å²) in [5.74, 6) is -0.350. The number of amides is 1. The first-order valence-corrected chi connectivity index (χ1v) is 10.2. The minimum atomic E-state index is -3.84. The van der Waals surface area contributed by atoms with Gasteiger partial charge < -0.3 is 5.32 Å². The molecule has 134 valence electrons. The maximum atomic E-state index is 12.9. The van der Waals surface area contributed by atoms with Gasteiger partial charge in [-0.05, 0) is 48.9 Å². The highest BCUT2D eigenvalue weighted by molar-refractivity contribution is 9.10. The topological polar surface area (TPSA) is 66.5 Å². The molecule has 0 saturated heterocycles. The van der Waals surface area contributed by atoms with Crippen LogP contribution >= 0.6 is 27.5 Å². The summed E-state index contributed by atoms with van der Waals surface area (Å²) in [4.78, 5) is 12.1. The Morgan fingerprint density at radius 3 is 2.28 bits per heavy atom. The van der Waals surface area contributed by atoms with Crippen molar-refractivity contribution >= 4 is 43.5 Å². The molecule has 0 heterocycles. The Bertz CT molecular complexity index is 824. The summed E-state index contributed by atoms with van der Waals surface area (Å²) in [6.45, 7) is 2.06. The van der Waals surface area contributed by atoms with Gasteiger partial charge in [0, 0.05) is 22.6 Å². The van der Waals surface area contributed by atoms with E-state index in [1.807, 2.05) is 24.3 Å². The van der Waals surface area contributed by atoms with Crippen molar-refractivity contribution in [2.45, 2.75) is 18.4 Å². The van der Waals surface area contributed by atoms with Gasteiger partial charge in [-0.1, -0.05) is 39.7 Å². The van der Waals surface area contributed by atoms with Crippen molar-refractivity contribution < 1.29 is 13.2 Å². The predicted molar refractivity (Wildman–Crippen MR) is 102 cm³/mol. The fourth-order valence-electron chi connectivity index (χ4n) is 2.19. The third-order valence-corrected chi connectivity index (χ3v) is 6.00. The molecule has 0 fully saturated rings. The molecule has 1 N–H and O–H groups in total. The number of likely N-dealkylation sites (N-methyl/N-ethyl adjacent to an activating group) is 1. The van der Waals surface area contributed by atoms with Crippen molar-refractivity contribution in [3.63, 3.8) is 0 Å². The molecule has 0 bridgehead atoms. The number of carbonyl (C=O) groups is 1. The largest absolute Gasteiger partial charge is 0.355 e. The molecule has 0 aliphatic carbocycles. The molecular weight excluding hydrogens is 428 g/mol. The fraction of sp³-hybridized carbons (Fsp3) is 0.235.